The molecule has 3 rings (SSSR count). The van der Waals surface area contributed by atoms with Crippen molar-refractivity contribution in [2.45, 2.75) is 136 Å². The number of rotatable bonds is 7. The lowest BCUT2D eigenvalue weighted by molar-refractivity contribution is -0.150. The number of carboxylic acids is 1. The van der Waals surface area contributed by atoms with Gasteiger partial charge in [0.2, 0.25) is 11.8 Å². The molecule has 3 N–H and O–H groups in total. The third kappa shape index (κ3) is 7.26. The summed E-state index contributed by atoms with van der Waals surface area (Å²) in [6.45, 7) is 13.8. The van der Waals surface area contributed by atoms with Crippen molar-refractivity contribution >= 4 is 23.9 Å². The third-order valence-electron chi connectivity index (χ3n) is 9.45. The summed E-state index contributed by atoms with van der Waals surface area (Å²) in [4.78, 5) is 54.3. The van der Waals surface area contributed by atoms with Gasteiger partial charge in [-0.2, -0.15) is 0 Å². The molecule has 3 fully saturated rings. The average molecular weight is 550 g/mol. The molecule has 3 amide bonds. The van der Waals surface area contributed by atoms with Crippen LogP contribution in [0.15, 0.2) is 0 Å². The Kier molecular flexibility index (Phi) is 9.64. The van der Waals surface area contributed by atoms with Gasteiger partial charge >= 0.3 is 12.1 Å². The van der Waals surface area contributed by atoms with Crippen LogP contribution in [0.5, 0.6) is 0 Å². The van der Waals surface area contributed by atoms with Crippen LogP contribution < -0.4 is 10.6 Å². The summed E-state index contributed by atoms with van der Waals surface area (Å²) in [6, 6.07) is -2.64. The van der Waals surface area contributed by atoms with Gasteiger partial charge in [-0.05, 0) is 75.5 Å². The van der Waals surface area contributed by atoms with E-state index in [1.807, 2.05) is 13.8 Å². The van der Waals surface area contributed by atoms with E-state index in [1.165, 1.54) is 4.90 Å². The summed E-state index contributed by atoms with van der Waals surface area (Å²) in [5.74, 6) is -2.09. The maximum absolute atomic E-state index is 14.0. The van der Waals surface area contributed by atoms with E-state index in [0.717, 1.165) is 57.8 Å². The molecule has 1 spiro atoms. The Morgan fingerprint density at radius 1 is 0.949 bits per heavy atom. The summed E-state index contributed by atoms with van der Waals surface area (Å²) >= 11 is 0. The number of hydrogen-bond donors (Lipinski definition) is 3. The number of carbonyl (C=O) groups excluding carboxylic acids is 3. The highest BCUT2D eigenvalue weighted by atomic mass is 16.6. The molecule has 2 saturated carbocycles. The van der Waals surface area contributed by atoms with Crippen LogP contribution in [-0.2, 0) is 19.1 Å². The molecular weight excluding hydrogens is 498 g/mol. The predicted molar refractivity (Wildman–Crippen MR) is 149 cm³/mol. The first-order valence-corrected chi connectivity index (χ1v) is 14.9. The zero-order valence-corrected chi connectivity index (χ0v) is 25.1. The highest BCUT2D eigenvalue weighted by molar-refractivity contribution is 5.93. The van der Waals surface area contributed by atoms with Gasteiger partial charge in [-0.1, -0.05) is 59.8 Å². The molecule has 0 aromatic heterocycles. The molecule has 9 heteroatoms. The lowest BCUT2D eigenvalue weighted by atomic mass is 9.57. The molecule has 0 aromatic carbocycles. The Bertz CT molecular complexity index is 920. The molecule has 1 saturated heterocycles. The number of amides is 3. The molecule has 39 heavy (non-hydrogen) atoms. The molecular formula is C30H51N3O6. The summed E-state index contributed by atoms with van der Waals surface area (Å²) in [5, 5.41) is 15.9. The van der Waals surface area contributed by atoms with Crippen molar-refractivity contribution in [1.82, 2.24) is 15.5 Å². The van der Waals surface area contributed by atoms with Crippen LogP contribution in [-0.4, -0.2) is 64.2 Å². The van der Waals surface area contributed by atoms with Crippen LogP contribution >= 0.6 is 0 Å². The SMILES string of the molecule is CC(C)C(NC(=O)C(NC(=O)OC(C)(C)C)C1CCCCC1)C(=O)N1CC2(CCCCC2(C)C)CC1C(=O)O. The van der Waals surface area contributed by atoms with Crippen LogP contribution in [0.25, 0.3) is 0 Å². The van der Waals surface area contributed by atoms with Crippen molar-refractivity contribution in [1.29, 1.82) is 0 Å². The molecule has 4 atom stereocenters. The topological polar surface area (TPSA) is 125 Å². The Morgan fingerprint density at radius 3 is 2.10 bits per heavy atom. The fourth-order valence-electron chi connectivity index (χ4n) is 6.97. The monoisotopic (exact) mass is 549 g/mol. The summed E-state index contributed by atoms with van der Waals surface area (Å²) in [5.41, 5.74) is -1.04. The first-order chi connectivity index (χ1) is 18.1. The number of ether oxygens (including phenoxy) is 1. The molecule has 3 aliphatic rings. The van der Waals surface area contributed by atoms with Crippen molar-refractivity contribution in [3.8, 4) is 0 Å². The van der Waals surface area contributed by atoms with E-state index in [9.17, 15) is 24.3 Å². The van der Waals surface area contributed by atoms with Gasteiger partial charge in [0.05, 0.1) is 0 Å². The first kappa shape index (κ1) is 31.2. The van der Waals surface area contributed by atoms with Crippen molar-refractivity contribution < 1.29 is 29.0 Å². The lowest BCUT2D eigenvalue weighted by Gasteiger charge is -2.48. The van der Waals surface area contributed by atoms with Gasteiger partial charge in [0.1, 0.15) is 23.7 Å². The second-order valence-corrected chi connectivity index (χ2v) is 14.1. The van der Waals surface area contributed by atoms with Gasteiger partial charge in [0.15, 0.2) is 0 Å². The first-order valence-electron chi connectivity index (χ1n) is 14.9. The quantitative estimate of drug-likeness (QED) is 0.416. The Morgan fingerprint density at radius 2 is 1.56 bits per heavy atom. The molecule has 0 aromatic rings. The number of nitrogens with one attached hydrogen (secondary N) is 2. The summed E-state index contributed by atoms with van der Waals surface area (Å²) < 4.78 is 5.44. The van der Waals surface area contributed by atoms with Gasteiger partial charge in [-0.25, -0.2) is 9.59 Å². The van der Waals surface area contributed by atoms with Crippen molar-refractivity contribution in [3.05, 3.63) is 0 Å². The Labute approximate surface area is 234 Å². The van der Waals surface area contributed by atoms with E-state index >= 15 is 0 Å². The van der Waals surface area contributed by atoms with Gasteiger partial charge in [-0.3, -0.25) is 9.59 Å². The van der Waals surface area contributed by atoms with E-state index in [4.69, 9.17) is 4.74 Å². The van der Waals surface area contributed by atoms with E-state index in [-0.39, 0.29) is 28.6 Å². The predicted octanol–water partition coefficient (Wildman–Crippen LogP) is 4.87. The number of carboxylic acid groups (broad SMARTS) is 1. The van der Waals surface area contributed by atoms with Crippen molar-refractivity contribution in [2.75, 3.05) is 6.54 Å². The Hall–Kier alpha value is -2.32. The lowest BCUT2D eigenvalue weighted by Crippen LogP contribution is -2.59. The van der Waals surface area contributed by atoms with Crippen LogP contribution in [0.1, 0.15) is 113 Å². The number of nitrogens with zero attached hydrogens (tertiary/aromatic N) is 1. The normalized spacial score (nSPS) is 27.2. The van der Waals surface area contributed by atoms with E-state index in [1.54, 1.807) is 20.8 Å². The summed E-state index contributed by atoms with van der Waals surface area (Å²) in [7, 11) is 0. The van der Waals surface area contributed by atoms with Crippen molar-refractivity contribution in [3.63, 3.8) is 0 Å². The van der Waals surface area contributed by atoms with Crippen LogP contribution in [0.3, 0.4) is 0 Å². The number of aliphatic carboxylic acids is 1. The van der Waals surface area contributed by atoms with Gasteiger partial charge in [0, 0.05) is 6.54 Å². The van der Waals surface area contributed by atoms with Crippen LogP contribution in [0.2, 0.25) is 0 Å². The molecule has 9 nitrogen and oxygen atoms in total. The van der Waals surface area contributed by atoms with Crippen LogP contribution in [0, 0.1) is 22.7 Å². The number of hydrogen-bond acceptors (Lipinski definition) is 5. The minimum Gasteiger partial charge on any atom is -0.480 e. The van der Waals surface area contributed by atoms with Crippen molar-refractivity contribution in [2.24, 2.45) is 22.7 Å². The maximum atomic E-state index is 14.0. The van der Waals surface area contributed by atoms with Gasteiger partial charge in [-0.15, -0.1) is 0 Å². The zero-order valence-electron chi connectivity index (χ0n) is 25.1. The number of alkyl carbamates (subject to hydrolysis) is 1. The number of likely N-dealkylation sites (tertiary alicyclic amines) is 1. The minimum absolute atomic E-state index is 0.0564. The Balaban J connectivity index is 1.83. The van der Waals surface area contributed by atoms with E-state index < -0.39 is 41.7 Å². The zero-order chi connectivity index (χ0) is 29.2. The molecule has 0 bridgehead atoms. The molecule has 222 valence electrons. The molecule has 2 aliphatic carbocycles. The fourth-order valence-corrected chi connectivity index (χ4v) is 6.97. The second-order valence-electron chi connectivity index (χ2n) is 14.1. The third-order valence-corrected chi connectivity index (χ3v) is 9.45. The molecule has 0 radical (unpaired) electrons. The minimum atomic E-state index is -0.998. The maximum Gasteiger partial charge on any atom is 0.408 e. The van der Waals surface area contributed by atoms with Gasteiger partial charge < -0.3 is 25.4 Å². The number of carbonyl (C=O) groups is 4. The molecule has 4 unspecified atom stereocenters. The van der Waals surface area contributed by atoms with Crippen LogP contribution in [0.4, 0.5) is 4.79 Å². The smallest absolute Gasteiger partial charge is 0.408 e. The second kappa shape index (κ2) is 12.0. The molecule has 1 heterocycles. The highest BCUT2D eigenvalue weighted by Gasteiger charge is 2.57. The largest absolute Gasteiger partial charge is 0.480 e. The fraction of sp³-hybridized carbons (Fsp3) is 0.867. The highest BCUT2D eigenvalue weighted by Crippen LogP contribution is 2.57. The summed E-state index contributed by atoms with van der Waals surface area (Å²) in [6.07, 6.45) is 8.47. The molecule has 1 aliphatic heterocycles. The standard InChI is InChI=1S/C30H51N3O6/c1-19(2)22(25(35)33-18-30(17-21(33)26(36)37)16-12-11-15-29(30,6)7)31-24(34)23(20-13-9-8-10-14-20)32-27(38)39-28(3,4)5/h19-23H,8-18H2,1-7H3,(H,31,34)(H,32,38)(H,36,37). The van der Waals surface area contributed by atoms with E-state index in [2.05, 4.69) is 24.5 Å². The average Bonchev–Trinajstić information content (AvgIpc) is 3.23. The van der Waals surface area contributed by atoms with E-state index in [0.29, 0.717) is 13.0 Å². The van der Waals surface area contributed by atoms with Gasteiger partial charge in [0.25, 0.3) is 0 Å².